The van der Waals surface area contributed by atoms with Gasteiger partial charge in [0.1, 0.15) is 5.01 Å². The van der Waals surface area contributed by atoms with E-state index in [2.05, 4.69) is 15.5 Å². The molecule has 1 atom stereocenters. The van der Waals surface area contributed by atoms with Crippen molar-refractivity contribution >= 4 is 45.6 Å². The first kappa shape index (κ1) is 15.2. The van der Waals surface area contributed by atoms with Gasteiger partial charge in [-0.2, -0.15) is 0 Å². The second kappa shape index (κ2) is 6.49. The summed E-state index contributed by atoms with van der Waals surface area (Å²) in [7, 11) is 0. The fraction of sp³-hybridized carbons (Fsp3) is 0.250. The highest BCUT2D eigenvalue weighted by molar-refractivity contribution is 7.15. The molecular weight excluding hydrogens is 321 g/mol. The topological polar surface area (TPSA) is 75.1 Å². The van der Waals surface area contributed by atoms with Gasteiger partial charge in [-0.15, -0.1) is 10.2 Å². The Morgan fingerprint density at radius 2 is 2.00 bits per heavy atom. The van der Waals surface area contributed by atoms with Crippen LogP contribution < -0.4 is 5.32 Å². The van der Waals surface area contributed by atoms with E-state index >= 15 is 0 Å². The molecule has 0 saturated carbocycles. The molecule has 0 aliphatic rings. The van der Waals surface area contributed by atoms with Gasteiger partial charge in [-0.3, -0.25) is 10.1 Å². The number of aliphatic hydroxyl groups is 1. The molecule has 1 aromatic heterocycles. The fourth-order valence-corrected chi connectivity index (χ4v) is 2.73. The molecule has 0 radical (unpaired) electrons. The third kappa shape index (κ3) is 3.67. The van der Waals surface area contributed by atoms with Crippen LogP contribution in [0.3, 0.4) is 0 Å². The summed E-state index contributed by atoms with van der Waals surface area (Å²) in [6.45, 7) is 1.94. The van der Waals surface area contributed by atoms with Crippen LogP contribution in [0.15, 0.2) is 18.2 Å². The fourth-order valence-electron chi connectivity index (χ4n) is 1.51. The van der Waals surface area contributed by atoms with E-state index in [1.54, 1.807) is 0 Å². The number of carbonyl (C=O) groups excluding carboxylic acids is 1. The minimum atomic E-state index is -1.37. The Kier molecular flexibility index (Phi) is 4.93. The van der Waals surface area contributed by atoms with Crippen LogP contribution in [-0.4, -0.2) is 21.2 Å². The third-order valence-electron chi connectivity index (χ3n) is 2.45. The third-order valence-corrected chi connectivity index (χ3v) is 3.87. The number of aliphatic hydroxyl groups excluding tert-OH is 1. The molecule has 1 aromatic carbocycles. The minimum Gasteiger partial charge on any atom is -0.378 e. The smallest absolute Gasteiger partial charge is 0.259 e. The van der Waals surface area contributed by atoms with Gasteiger partial charge in [0.05, 0.1) is 0 Å². The highest BCUT2D eigenvalue weighted by atomic mass is 35.5. The second-order valence-corrected chi connectivity index (χ2v) is 5.88. The maximum atomic E-state index is 11.9. The Morgan fingerprint density at radius 3 is 2.55 bits per heavy atom. The molecule has 0 spiro atoms. The normalized spacial score (nSPS) is 12.2. The van der Waals surface area contributed by atoms with E-state index in [0.717, 1.165) is 11.4 Å². The van der Waals surface area contributed by atoms with Crippen LogP contribution in [0.1, 0.15) is 23.6 Å². The molecule has 1 heterocycles. The number of hydrogen-bond acceptors (Lipinski definition) is 5. The molecule has 20 heavy (non-hydrogen) atoms. The van der Waals surface area contributed by atoms with Crippen molar-refractivity contribution in [2.45, 2.75) is 19.4 Å². The average Bonchev–Trinajstić information content (AvgIpc) is 2.84. The first-order chi connectivity index (χ1) is 9.49. The summed E-state index contributed by atoms with van der Waals surface area (Å²) in [6.07, 6.45) is -0.639. The van der Waals surface area contributed by atoms with E-state index in [4.69, 9.17) is 23.2 Å². The number of amides is 1. The Labute approximate surface area is 129 Å². The molecule has 2 N–H and O–H groups in total. The van der Waals surface area contributed by atoms with E-state index in [9.17, 15) is 9.90 Å². The Bertz CT molecular complexity index is 613. The van der Waals surface area contributed by atoms with Gasteiger partial charge in [0, 0.05) is 10.0 Å². The van der Waals surface area contributed by atoms with Crippen molar-refractivity contribution in [3.63, 3.8) is 0 Å². The lowest BCUT2D eigenvalue weighted by Gasteiger charge is -2.10. The van der Waals surface area contributed by atoms with E-state index < -0.39 is 12.0 Å². The summed E-state index contributed by atoms with van der Waals surface area (Å²) in [4.78, 5) is 11.9. The highest BCUT2D eigenvalue weighted by Gasteiger charge is 2.20. The zero-order valence-corrected chi connectivity index (χ0v) is 12.8. The van der Waals surface area contributed by atoms with E-state index in [-0.39, 0.29) is 0 Å². The molecule has 0 aliphatic heterocycles. The summed E-state index contributed by atoms with van der Waals surface area (Å²) >= 11 is 12.9. The number of nitrogens with zero attached hydrogens (tertiary/aromatic N) is 2. The number of nitrogens with one attached hydrogen (secondary N) is 1. The maximum Gasteiger partial charge on any atom is 0.259 e. The van der Waals surface area contributed by atoms with Gasteiger partial charge in [0.2, 0.25) is 5.13 Å². The second-order valence-electron chi connectivity index (χ2n) is 3.95. The molecule has 8 heteroatoms. The lowest BCUT2D eigenvalue weighted by atomic mass is 10.1. The molecule has 0 aliphatic carbocycles. The zero-order chi connectivity index (χ0) is 14.7. The van der Waals surface area contributed by atoms with Gasteiger partial charge in [0.15, 0.2) is 6.10 Å². The first-order valence-electron chi connectivity index (χ1n) is 5.77. The van der Waals surface area contributed by atoms with E-state index in [0.29, 0.717) is 20.7 Å². The average molecular weight is 332 g/mol. The van der Waals surface area contributed by atoms with Gasteiger partial charge in [-0.25, -0.2) is 0 Å². The Hall–Kier alpha value is -1.21. The van der Waals surface area contributed by atoms with Crippen LogP contribution in [0.5, 0.6) is 0 Å². The lowest BCUT2D eigenvalue weighted by Crippen LogP contribution is -2.20. The maximum absolute atomic E-state index is 11.9. The van der Waals surface area contributed by atoms with E-state index in [1.165, 1.54) is 29.5 Å². The number of aryl methyl sites for hydroxylation is 1. The van der Waals surface area contributed by atoms with Crippen LogP contribution in [0.25, 0.3) is 0 Å². The van der Waals surface area contributed by atoms with Crippen molar-refractivity contribution in [2.75, 3.05) is 5.32 Å². The van der Waals surface area contributed by atoms with Crippen LogP contribution in [-0.2, 0) is 11.2 Å². The molecule has 0 saturated heterocycles. The lowest BCUT2D eigenvalue weighted by molar-refractivity contribution is -0.124. The van der Waals surface area contributed by atoms with Crippen molar-refractivity contribution in [1.82, 2.24) is 10.2 Å². The van der Waals surface area contributed by atoms with Crippen molar-refractivity contribution < 1.29 is 9.90 Å². The van der Waals surface area contributed by atoms with Gasteiger partial charge >= 0.3 is 0 Å². The largest absolute Gasteiger partial charge is 0.378 e. The summed E-state index contributed by atoms with van der Waals surface area (Å²) in [6, 6.07) is 4.49. The SMILES string of the molecule is CCc1nnc(NC(=O)C(O)c2cc(Cl)cc(Cl)c2)s1. The van der Waals surface area contributed by atoms with Gasteiger partial charge < -0.3 is 5.11 Å². The molecule has 5 nitrogen and oxygen atoms in total. The molecule has 2 aromatic rings. The number of anilines is 1. The van der Waals surface area contributed by atoms with Crippen LogP contribution in [0.4, 0.5) is 5.13 Å². The minimum absolute atomic E-state index is 0.320. The monoisotopic (exact) mass is 331 g/mol. The highest BCUT2D eigenvalue weighted by Crippen LogP contribution is 2.25. The zero-order valence-electron chi connectivity index (χ0n) is 10.4. The Morgan fingerprint density at radius 1 is 1.35 bits per heavy atom. The van der Waals surface area contributed by atoms with Gasteiger partial charge in [-0.1, -0.05) is 41.5 Å². The molecule has 1 amide bonds. The molecular formula is C12H11Cl2N3O2S. The number of halogens is 2. The predicted octanol–water partition coefficient (Wildman–Crippen LogP) is 3.08. The predicted molar refractivity (Wildman–Crippen MR) is 79.3 cm³/mol. The first-order valence-corrected chi connectivity index (χ1v) is 7.34. The van der Waals surface area contributed by atoms with Crippen LogP contribution in [0, 0.1) is 0 Å². The van der Waals surface area contributed by atoms with Gasteiger partial charge in [0.25, 0.3) is 5.91 Å². The summed E-state index contributed by atoms with van der Waals surface area (Å²) in [5.74, 6) is -0.609. The number of benzene rings is 1. The quantitative estimate of drug-likeness (QED) is 0.902. The van der Waals surface area contributed by atoms with Crippen molar-refractivity contribution in [2.24, 2.45) is 0 Å². The molecule has 1 unspecified atom stereocenters. The van der Waals surface area contributed by atoms with E-state index in [1.807, 2.05) is 6.92 Å². The van der Waals surface area contributed by atoms with Crippen molar-refractivity contribution in [1.29, 1.82) is 0 Å². The standard InChI is InChI=1S/C12H11Cl2N3O2S/c1-2-9-16-17-12(20-9)15-11(19)10(18)6-3-7(13)5-8(14)4-6/h3-5,10,18H,2H2,1H3,(H,15,17,19). The summed E-state index contributed by atoms with van der Waals surface area (Å²) < 4.78 is 0. The van der Waals surface area contributed by atoms with Gasteiger partial charge in [-0.05, 0) is 30.2 Å². The molecule has 0 bridgehead atoms. The summed E-state index contributed by atoms with van der Waals surface area (Å²) in [5, 5.41) is 22.0. The van der Waals surface area contributed by atoms with Crippen LogP contribution in [0.2, 0.25) is 10.0 Å². The molecule has 2 rings (SSSR count). The Balaban J connectivity index is 2.11. The van der Waals surface area contributed by atoms with Crippen molar-refractivity contribution in [3.05, 3.63) is 38.8 Å². The molecule has 106 valence electrons. The van der Waals surface area contributed by atoms with Crippen molar-refractivity contribution in [3.8, 4) is 0 Å². The van der Waals surface area contributed by atoms with Crippen LogP contribution >= 0.6 is 34.5 Å². The molecule has 0 fully saturated rings. The summed E-state index contributed by atoms with van der Waals surface area (Å²) in [5.41, 5.74) is 0.320. The number of hydrogen-bond donors (Lipinski definition) is 2. The number of rotatable bonds is 4. The number of aromatic nitrogens is 2. The number of carbonyl (C=O) groups is 1.